The number of hydrogen-bond acceptors (Lipinski definition) is 3. The molecule has 104 valence electrons. The molecular formula is C17H18OS2. The third kappa shape index (κ3) is 2.18. The van der Waals surface area contributed by atoms with E-state index in [0.717, 1.165) is 0 Å². The number of ether oxygens (including phenoxy) is 1. The van der Waals surface area contributed by atoms with Crippen LogP contribution in [0.25, 0.3) is 0 Å². The lowest BCUT2D eigenvalue weighted by atomic mass is 9.84. The first-order valence-corrected chi connectivity index (χ1v) is 8.98. The summed E-state index contributed by atoms with van der Waals surface area (Å²) in [5, 5.41) is 0.463. The van der Waals surface area contributed by atoms with Gasteiger partial charge in [-0.1, -0.05) is 82.3 Å². The van der Waals surface area contributed by atoms with E-state index in [9.17, 15) is 0 Å². The maximum absolute atomic E-state index is 5.91. The van der Waals surface area contributed by atoms with Gasteiger partial charge in [0.05, 0.1) is 6.10 Å². The van der Waals surface area contributed by atoms with Gasteiger partial charge in [0.15, 0.2) is 0 Å². The van der Waals surface area contributed by atoms with Gasteiger partial charge >= 0.3 is 0 Å². The van der Waals surface area contributed by atoms with Crippen LogP contribution in [0.5, 0.6) is 0 Å². The molecule has 0 N–H and O–H groups in total. The lowest BCUT2D eigenvalue weighted by Gasteiger charge is -2.35. The fraction of sp³-hybridized carbons (Fsp3) is 0.294. The molecule has 1 fully saturated rings. The molecule has 2 unspecified atom stereocenters. The Morgan fingerprint density at radius 3 is 1.85 bits per heavy atom. The highest BCUT2D eigenvalue weighted by molar-refractivity contribution is 8.77. The number of hydrogen-bond donors (Lipinski definition) is 0. The Hall–Kier alpha value is -0.900. The molecule has 2 aromatic rings. The zero-order chi connectivity index (χ0) is 14.0. The summed E-state index contributed by atoms with van der Waals surface area (Å²) >= 11 is 0. The van der Waals surface area contributed by atoms with Crippen molar-refractivity contribution in [3.63, 3.8) is 0 Å². The van der Waals surface area contributed by atoms with Crippen molar-refractivity contribution in [3.05, 3.63) is 71.8 Å². The summed E-state index contributed by atoms with van der Waals surface area (Å²) in [6.45, 7) is 2.25. The zero-order valence-corrected chi connectivity index (χ0v) is 13.3. The average molecular weight is 302 g/mol. The smallest absolute Gasteiger partial charge is 0.103 e. The SMILES string of the molecule is COC1C(C)SSC1(c1ccccc1)c1ccccc1. The van der Waals surface area contributed by atoms with Gasteiger partial charge < -0.3 is 4.74 Å². The van der Waals surface area contributed by atoms with Crippen molar-refractivity contribution in [1.82, 2.24) is 0 Å². The second-order valence-corrected chi connectivity index (χ2v) is 7.83. The van der Waals surface area contributed by atoms with Gasteiger partial charge in [-0.05, 0) is 18.1 Å². The summed E-state index contributed by atoms with van der Waals surface area (Å²) in [7, 11) is 5.67. The van der Waals surface area contributed by atoms with Gasteiger partial charge in [0.2, 0.25) is 0 Å². The first kappa shape index (κ1) is 14.1. The van der Waals surface area contributed by atoms with E-state index in [0.29, 0.717) is 5.25 Å². The fourth-order valence-corrected chi connectivity index (χ4v) is 6.64. The van der Waals surface area contributed by atoms with Crippen LogP contribution in [0.15, 0.2) is 60.7 Å². The van der Waals surface area contributed by atoms with Crippen LogP contribution in [0.1, 0.15) is 18.1 Å². The van der Waals surface area contributed by atoms with Crippen LogP contribution in [0.2, 0.25) is 0 Å². The van der Waals surface area contributed by atoms with Gasteiger partial charge in [0, 0.05) is 12.4 Å². The normalized spacial score (nSPS) is 24.7. The van der Waals surface area contributed by atoms with Crippen molar-refractivity contribution < 1.29 is 4.74 Å². The highest BCUT2D eigenvalue weighted by atomic mass is 33.1. The number of rotatable bonds is 3. The van der Waals surface area contributed by atoms with Crippen LogP contribution in [0, 0.1) is 0 Å². The van der Waals surface area contributed by atoms with E-state index >= 15 is 0 Å². The summed E-state index contributed by atoms with van der Waals surface area (Å²) in [5.41, 5.74) is 2.64. The molecule has 0 bridgehead atoms. The Morgan fingerprint density at radius 1 is 0.900 bits per heavy atom. The Kier molecular flexibility index (Phi) is 4.11. The molecule has 1 aliphatic heterocycles. The first-order chi connectivity index (χ1) is 9.79. The van der Waals surface area contributed by atoms with E-state index < -0.39 is 0 Å². The molecule has 3 rings (SSSR count). The van der Waals surface area contributed by atoms with Crippen LogP contribution in [0.3, 0.4) is 0 Å². The highest BCUT2D eigenvalue weighted by Crippen LogP contribution is 2.61. The maximum Gasteiger partial charge on any atom is 0.103 e. The van der Waals surface area contributed by atoms with Gasteiger partial charge in [-0.15, -0.1) is 0 Å². The molecule has 2 aromatic carbocycles. The lowest BCUT2D eigenvalue weighted by molar-refractivity contribution is 0.0828. The molecule has 0 amide bonds. The molecular weight excluding hydrogens is 284 g/mol. The first-order valence-electron chi connectivity index (χ1n) is 6.77. The second kappa shape index (κ2) is 5.84. The van der Waals surface area contributed by atoms with E-state index in [1.165, 1.54) is 11.1 Å². The van der Waals surface area contributed by atoms with Crippen LogP contribution in [0.4, 0.5) is 0 Å². The molecule has 20 heavy (non-hydrogen) atoms. The molecule has 2 atom stereocenters. The minimum absolute atomic E-state index is 0.124. The Bertz CT molecular complexity index is 516. The van der Waals surface area contributed by atoms with E-state index in [1.807, 2.05) is 28.7 Å². The highest BCUT2D eigenvalue weighted by Gasteiger charge is 2.51. The molecule has 0 radical (unpaired) electrons. The van der Waals surface area contributed by atoms with E-state index in [2.05, 4.69) is 67.6 Å². The zero-order valence-electron chi connectivity index (χ0n) is 11.7. The van der Waals surface area contributed by atoms with Gasteiger partial charge in [-0.3, -0.25) is 0 Å². The molecule has 1 saturated heterocycles. The average Bonchev–Trinajstić information content (AvgIpc) is 2.86. The third-order valence-corrected chi connectivity index (χ3v) is 7.42. The van der Waals surface area contributed by atoms with Crippen molar-refractivity contribution in [1.29, 1.82) is 0 Å². The van der Waals surface area contributed by atoms with Crippen LogP contribution >= 0.6 is 21.6 Å². The van der Waals surface area contributed by atoms with Crippen molar-refractivity contribution >= 4 is 21.6 Å². The van der Waals surface area contributed by atoms with E-state index in [-0.39, 0.29) is 10.9 Å². The number of benzene rings is 2. The standard InChI is InChI=1S/C17H18OS2/c1-13-16(18-2)17(20-19-13,14-9-5-3-6-10-14)15-11-7-4-8-12-15/h3-13,16H,1-2H3. The molecule has 1 nitrogen and oxygen atoms in total. The predicted molar refractivity (Wildman–Crippen MR) is 89.1 cm³/mol. The predicted octanol–water partition coefficient (Wildman–Crippen LogP) is 4.73. The summed E-state index contributed by atoms with van der Waals surface area (Å²) in [6, 6.07) is 21.4. The van der Waals surface area contributed by atoms with Gasteiger partial charge in [-0.2, -0.15) is 0 Å². The minimum atomic E-state index is -0.124. The van der Waals surface area contributed by atoms with Crippen LogP contribution < -0.4 is 0 Å². The van der Waals surface area contributed by atoms with Crippen LogP contribution in [-0.2, 0) is 9.48 Å². The lowest BCUT2D eigenvalue weighted by Crippen LogP contribution is -2.39. The third-order valence-electron chi connectivity index (χ3n) is 3.82. The largest absolute Gasteiger partial charge is 0.378 e. The Labute approximate surface area is 128 Å². The van der Waals surface area contributed by atoms with E-state index in [4.69, 9.17) is 4.74 Å². The van der Waals surface area contributed by atoms with Gasteiger partial charge in [0.1, 0.15) is 4.75 Å². The molecule has 0 spiro atoms. The maximum atomic E-state index is 5.91. The molecule has 1 aliphatic rings. The Balaban J connectivity index is 2.19. The van der Waals surface area contributed by atoms with Gasteiger partial charge in [-0.25, -0.2) is 0 Å². The van der Waals surface area contributed by atoms with Crippen molar-refractivity contribution in [2.75, 3.05) is 7.11 Å². The number of methoxy groups -OCH3 is 1. The fourth-order valence-electron chi connectivity index (χ4n) is 2.90. The van der Waals surface area contributed by atoms with Crippen molar-refractivity contribution in [3.8, 4) is 0 Å². The topological polar surface area (TPSA) is 9.23 Å². The van der Waals surface area contributed by atoms with Crippen LogP contribution in [-0.4, -0.2) is 18.5 Å². The quantitative estimate of drug-likeness (QED) is 0.759. The second-order valence-electron chi connectivity index (χ2n) is 5.01. The van der Waals surface area contributed by atoms with Crippen molar-refractivity contribution in [2.24, 2.45) is 0 Å². The molecule has 1 heterocycles. The van der Waals surface area contributed by atoms with E-state index in [1.54, 1.807) is 0 Å². The monoisotopic (exact) mass is 302 g/mol. The Morgan fingerprint density at radius 2 is 1.40 bits per heavy atom. The summed E-state index contributed by atoms with van der Waals surface area (Å²) in [4.78, 5) is 0. The molecule has 0 aliphatic carbocycles. The molecule has 0 saturated carbocycles. The summed E-state index contributed by atoms with van der Waals surface area (Å²) in [5.74, 6) is 0. The van der Waals surface area contributed by atoms with Crippen molar-refractivity contribution in [2.45, 2.75) is 23.0 Å². The molecule has 3 heteroatoms. The van der Waals surface area contributed by atoms with Gasteiger partial charge in [0.25, 0.3) is 0 Å². The summed E-state index contributed by atoms with van der Waals surface area (Å²) in [6.07, 6.45) is 0.169. The molecule has 0 aromatic heterocycles. The minimum Gasteiger partial charge on any atom is -0.378 e. The summed E-state index contributed by atoms with van der Waals surface area (Å²) < 4.78 is 5.78.